The molecule has 0 bridgehead atoms. The van der Waals surface area contributed by atoms with E-state index in [1.807, 2.05) is 0 Å². The molecule has 78 valence electrons. The van der Waals surface area contributed by atoms with Crippen LogP contribution in [-0.2, 0) is 10.1 Å². The van der Waals surface area contributed by atoms with Gasteiger partial charge in [-0.05, 0) is 24.3 Å². The molecule has 14 heavy (non-hydrogen) atoms. The van der Waals surface area contributed by atoms with Crippen molar-refractivity contribution in [2.24, 2.45) is 0 Å². The van der Waals surface area contributed by atoms with Gasteiger partial charge < -0.3 is 11.3 Å². The highest BCUT2D eigenvalue weighted by Crippen LogP contribution is 2.09. The van der Waals surface area contributed by atoms with E-state index in [4.69, 9.17) is 9.66 Å². The third-order valence-electron chi connectivity index (χ3n) is 1.40. The van der Waals surface area contributed by atoms with E-state index in [0.29, 0.717) is 0 Å². The minimum absolute atomic E-state index is 0. The van der Waals surface area contributed by atoms with Crippen LogP contribution in [0.3, 0.4) is 0 Å². The fourth-order valence-electron chi connectivity index (χ4n) is 0.769. The van der Waals surface area contributed by atoms with Crippen molar-refractivity contribution in [1.82, 2.24) is 6.15 Å². The highest BCUT2D eigenvalue weighted by atomic mass is 32.2. The monoisotopic (exact) mass is 220 g/mol. The lowest BCUT2D eigenvalue weighted by Crippen LogP contribution is -2.00. The molecular weight excluding hydrogens is 210 g/mol. The Morgan fingerprint density at radius 2 is 1.57 bits per heavy atom. The highest BCUT2D eigenvalue weighted by molar-refractivity contribution is 7.85. The van der Waals surface area contributed by atoms with Gasteiger partial charge >= 0.3 is 5.97 Å². The zero-order valence-corrected chi connectivity index (χ0v) is 8.15. The van der Waals surface area contributed by atoms with Gasteiger partial charge in [-0.2, -0.15) is 8.42 Å². The molecule has 0 fully saturated rings. The predicted octanol–water partition coefficient (Wildman–Crippen LogP) is 1.01. The highest BCUT2D eigenvalue weighted by Gasteiger charge is 2.09. The number of carbonyl (C=O) groups is 1. The average Bonchev–Trinajstić information content (AvgIpc) is 2.03. The van der Waals surface area contributed by atoms with Gasteiger partial charge in [-0.3, -0.25) is 4.55 Å². The van der Waals surface area contributed by atoms with E-state index in [9.17, 15) is 13.2 Å². The van der Waals surface area contributed by atoms with Crippen LogP contribution in [0.4, 0.5) is 0 Å². The van der Waals surface area contributed by atoms with Gasteiger partial charge in [0.05, 0.1) is 10.5 Å². The smallest absolute Gasteiger partial charge is 0.335 e. The summed E-state index contributed by atoms with van der Waals surface area (Å²) in [5.41, 5.74) is -0.0348. The lowest BCUT2D eigenvalue weighted by molar-refractivity contribution is 0.0696. The van der Waals surface area contributed by atoms with E-state index in [1.165, 1.54) is 0 Å². The number of quaternary nitrogens is 1. The van der Waals surface area contributed by atoms with Gasteiger partial charge in [-0.15, -0.1) is 0 Å². The lowest BCUT2D eigenvalue weighted by Gasteiger charge is -1.96. The molecule has 0 saturated heterocycles. The Labute approximate surface area is 80.5 Å². The fraction of sp³-hybridized carbons (Fsp3) is 0. The third-order valence-corrected chi connectivity index (χ3v) is 2.27. The molecule has 1 rings (SSSR count). The number of carboxylic acid groups (broad SMARTS) is 1. The van der Waals surface area contributed by atoms with Crippen LogP contribution in [0.15, 0.2) is 29.2 Å². The van der Waals surface area contributed by atoms with Gasteiger partial charge in [0, 0.05) is 0 Å². The van der Waals surface area contributed by atoms with Crippen molar-refractivity contribution in [2.75, 3.05) is 0 Å². The van der Waals surface area contributed by atoms with Crippen LogP contribution < -0.4 is 6.15 Å². The van der Waals surface area contributed by atoms with Crippen LogP contribution in [0.25, 0.3) is 0 Å². The topological polar surface area (TPSA) is 128 Å². The van der Waals surface area contributed by atoms with Crippen molar-refractivity contribution in [3.63, 3.8) is 0 Å². The normalized spacial score (nSPS) is 10.4. The van der Waals surface area contributed by atoms with E-state index in [-0.39, 0.29) is 16.6 Å². The molecule has 6 N–H and O–H groups in total. The number of aromatic carboxylic acids is 1. The van der Waals surface area contributed by atoms with E-state index in [1.54, 1.807) is 0 Å². The number of benzene rings is 1. The second kappa shape index (κ2) is 4.18. The summed E-state index contributed by atoms with van der Waals surface area (Å²) in [6, 6.07) is 4.26. The molecule has 7 heteroatoms. The maximum atomic E-state index is 10.5. The average molecular weight is 220 g/mol. The minimum atomic E-state index is -4.24. The van der Waals surface area contributed by atoms with E-state index in [2.05, 4.69) is 0 Å². The molecule has 1 aromatic carbocycles. The second-order valence-electron chi connectivity index (χ2n) is 2.30. The summed E-state index contributed by atoms with van der Waals surface area (Å²) in [7, 11) is -4.24. The summed E-state index contributed by atoms with van der Waals surface area (Å²) in [5, 5.41) is 8.47. The number of hydrogen-bond acceptors (Lipinski definition) is 3. The molecule has 1 aromatic rings. The van der Waals surface area contributed by atoms with Gasteiger partial charge in [0.25, 0.3) is 10.1 Å². The fourth-order valence-corrected chi connectivity index (χ4v) is 1.25. The number of hydrogen-bond donors (Lipinski definition) is 3. The van der Waals surface area contributed by atoms with Crippen molar-refractivity contribution in [1.29, 1.82) is 0 Å². The molecule has 0 atom stereocenters. The maximum absolute atomic E-state index is 10.5. The molecule has 0 amide bonds. The largest absolute Gasteiger partial charge is 0.478 e. The quantitative estimate of drug-likeness (QED) is 0.640. The Bertz CT molecular complexity index is 422. The van der Waals surface area contributed by atoms with Crippen LogP contribution in [0.1, 0.15) is 10.4 Å². The molecule has 0 heterocycles. The zero-order chi connectivity index (χ0) is 10.1. The summed E-state index contributed by atoms with van der Waals surface area (Å²) < 4.78 is 29.6. The van der Waals surface area contributed by atoms with Gasteiger partial charge in [0.2, 0.25) is 0 Å². The SMILES string of the molecule is O=C(O)c1ccc(S(=O)(=O)O)cc1.[NH4+]. The second-order valence-corrected chi connectivity index (χ2v) is 3.73. The van der Waals surface area contributed by atoms with Crippen molar-refractivity contribution in [2.45, 2.75) is 4.90 Å². The summed E-state index contributed by atoms with van der Waals surface area (Å²) >= 11 is 0. The minimum Gasteiger partial charge on any atom is -0.478 e. The Morgan fingerprint density at radius 1 is 1.14 bits per heavy atom. The molecule has 0 unspecified atom stereocenters. The van der Waals surface area contributed by atoms with Gasteiger partial charge in [0.1, 0.15) is 0 Å². The molecule has 6 nitrogen and oxygen atoms in total. The van der Waals surface area contributed by atoms with Crippen molar-refractivity contribution in [3.8, 4) is 0 Å². The summed E-state index contributed by atoms with van der Waals surface area (Å²) in [4.78, 5) is 10.0. The maximum Gasteiger partial charge on any atom is 0.335 e. The molecule has 0 radical (unpaired) electrons. The summed E-state index contributed by atoms with van der Waals surface area (Å²) in [6.07, 6.45) is 0. The van der Waals surface area contributed by atoms with Gasteiger partial charge in [0.15, 0.2) is 0 Å². The first-order valence-electron chi connectivity index (χ1n) is 3.22. The van der Waals surface area contributed by atoms with Crippen molar-refractivity contribution in [3.05, 3.63) is 29.8 Å². The van der Waals surface area contributed by atoms with Crippen molar-refractivity contribution < 1.29 is 22.9 Å². The number of rotatable bonds is 2. The standard InChI is InChI=1S/C7H6O5S.H3N/c8-7(9)5-1-3-6(4-2-5)13(10,11)12;/h1-4H,(H,8,9)(H,10,11,12);1H3/p+1. The molecule has 0 saturated carbocycles. The Kier molecular flexibility index (Phi) is 3.75. The Hall–Kier alpha value is -1.44. The molecule has 0 aliphatic rings. The zero-order valence-electron chi connectivity index (χ0n) is 7.34. The molecule has 0 spiro atoms. The summed E-state index contributed by atoms with van der Waals surface area (Å²) in [6.45, 7) is 0. The first-order chi connectivity index (χ1) is 5.91. The first kappa shape index (κ1) is 12.6. The molecule has 0 aliphatic carbocycles. The summed E-state index contributed by atoms with van der Waals surface area (Å²) in [5.74, 6) is -1.15. The molecule has 0 aliphatic heterocycles. The van der Waals surface area contributed by atoms with E-state index >= 15 is 0 Å². The van der Waals surface area contributed by atoms with E-state index < -0.39 is 16.1 Å². The van der Waals surface area contributed by atoms with Crippen LogP contribution in [0.5, 0.6) is 0 Å². The molecular formula is C7H10NO5S+. The van der Waals surface area contributed by atoms with Gasteiger partial charge in [-0.25, -0.2) is 4.79 Å². The van der Waals surface area contributed by atoms with Crippen molar-refractivity contribution >= 4 is 16.1 Å². The van der Waals surface area contributed by atoms with Crippen LogP contribution in [0.2, 0.25) is 0 Å². The molecule has 0 aromatic heterocycles. The predicted molar refractivity (Wildman–Crippen MR) is 49.2 cm³/mol. The van der Waals surface area contributed by atoms with Crippen LogP contribution in [0, 0.1) is 0 Å². The van der Waals surface area contributed by atoms with Crippen LogP contribution >= 0.6 is 0 Å². The Morgan fingerprint density at radius 3 is 1.86 bits per heavy atom. The number of carboxylic acids is 1. The van der Waals surface area contributed by atoms with Crippen LogP contribution in [-0.4, -0.2) is 24.0 Å². The third kappa shape index (κ3) is 2.80. The Balaban J connectivity index is 0.00000169. The van der Waals surface area contributed by atoms with E-state index in [0.717, 1.165) is 24.3 Å². The van der Waals surface area contributed by atoms with Gasteiger partial charge in [-0.1, -0.05) is 0 Å². The lowest BCUT2D eigenvalue weighted by atomic mass is 10.2. The first-order valence-corrected chi connectivity index (χ1v) is 4.66.